The van der Waals surface area contributed by atoms with Crippen LogP contribution in [0.15, 0.2) is 47.1 Å². The predicted molar refractivity (Wildman–Crippen MR) is 94.9 cm³/mol. The fraction of sp³-hybridized carbons (Fsp3) is 0.316. The van der Waals surface area contributed by atoms with E-state index >= 15 is 0 Å². The number of likely N-dealkylation sites (tertiary alicyclic amines) is 1. The van der Waals surface area contributed by atoms with Gasteiger partial charge in [-0.25, -0.2) is 0 Å². The van der Waals surface area contributed by atoms with Crippen LogP contribution in [0.2, 0.25) is 0 Å². The molecule has 0 radical (unpaired) electrons. The van der Waals surface area contributed by atoms with Gasteiger partial charge in [0.05, 0.1) is 18.7 Å². The minimum absolute atomic E-state index is 0.00671. The number of nitrogens with zero attached hydrogens (tertiary/aromatic N) is 1. The van der Waals surface area contributed by atoms with Crippen molar-refractivity contribution in [3.8, 4) is 5.75 Å². The summed E-state index contributed by atoms with van der Waals surface area (Å²) in [6.45, 7) is -3.02. The molecular weight excluding hydrogens is 390 g/mol. The van der Waals surface area contributed by atoms with Crippen LogP contribution in [0.5, 0.6) is 5.75 Å². The number of carbonyl (C=O) groups excluding carboxylic acids is 3. The van der Waals surface area contributed by atoms with E-state index in [0.717, 1.165) is 0 Å². The summed E-state index contributed by atoms with van der Waals surface area (Å²) in [5, 5.41) is 2.47. The predicted octanol–water partition coefficient (Wildman–Crippen LogP) is 2.41. The monoisotopic (exact) mass is 408 g/mol. The van der Waals surface area contributed by atoms with Gasteiger partial charge in [-0.05, 0) is 36.4 Å². The highest BCUT2D eigenvalue weighted by Crippen LogP contribution is 2.22. The Morgan fingerprint density at radius 3 is 2.66 bits per heavy atom. The van der Waals surface area contributed by atoms with E-state index in [1.54, 1.807) is 12.1 Å². The maximum atomic E-state index is 12.2. The summed E-state index contributed by atoms with van der Waals surface area (Å²) in [7, 11) is 0. The van der Waals surface area contributed by atoms with Crippen molar-refractivity contribution in [1.82, 2.24) is 4.90 Å². The van der Waals surface area contributed by atoms with Crippen molar-refractivity contribution in [1.29, 1.82) is 0 Å². The number of benzene rings is 1. The van der Waals surface area contributed by atoms with E-state index in [1.165, 1.54) is 35.4 Å². The van der Waals surface area contributed by atoms with E-state index in [4.69, 9.17) is 9.15 Å². The van der Waals surface area contributed by atoms with E-state index in [9.17, 15) is 23.2 Å². The number of amides is 2. The van der Waals surface area contributed by atoms with Crippen molar-refractivity contribution in [3.05, 3.63) is 48.4 Å². The lowest BCUT2D eigenvalue weighted by Crippen LogP contribution is -2.28. The summed E-state index contributed by atoms with van der Waals surface area (Å²) in [5.41, 5.74) is 0.327. The van der Waals surface area contributed by atoms with Crippen LogP contribution < -0.4 is 10.1 Å². The highest BCUT2D eigenvalue weighted by atomic mass is 19.3. The van der Waals surface area contributed by atoms with Gasteiger partial charge in [0.25, 0.3) is 5.91 Å². The van der Waals surface area contributed by atoms with Crippen molar-refractivity contribution in [2.75, 3.05) is 18.5 Å². The summed E-state index contributed by atoms with van der Waals surface area (Å²) in [4.78, 5) is 37.6. The van der Waals surface area contributed by atoms with Crippen molar-refractivity contribution in [2.24, 2.45) is 5.92 Å². The summed E-state index contributed by atoms with van der Waals surface area (Å²) in [5.74, 6) is -1.53. The van der Waals surface area contributed by atoms with Crippen LogP contribution in [0.3, 0.4) is 0 Å². The SMILES string of the molecule is O=C(COC(=O)[C@H]1CC(=O)N(Cc2ccco2)C1)Nc1ccc(OC(F)F)cc1. The summed E-state index contributed by atoms with van der Waals surface area (Å²) >= 11 is 0. The van der Waals surface area contributed by atoms with Gasteiger partial charge >= 0.3 is 12.6 Å². The van der Waals surface area contributed by atoms with E-state index in [2.05, 4.69) is 10.1 Å². The Labute approximate surface area is 164 Å². The summed E-state index contributed by atoms with van der Waals surface area (Å²) in [6.07, 6.45) is 1.51. The lowest BCUT2D eigenvalue weighted by Gasteiger charge is -2.14. The van der Waals surface area contributed by atoms with Crippen LogP contribution in [-0.4, -0.2) is 42.4 Å². The van der Waals surface area contributed by atoms with Crippen LogP contribution in [-0.2, 0) is 25.7 Å². The molecule has 2 amide bonds. The molecule has 0 aliphatic carbocycles. The molecule has 0 spiro atoms. The van der Waals surface area contributed by atoms with Crippen LogP contribution in [0.1, 0.15) is 12.2 Å². The first-order chi connectivity index (χ1) is 13.9. The van der Waals surface area contributed by atoms with E-state index in [1.807, 2.05) is 0 Å². The molecule has 1 aromatic heterocycles. The van der Waals surface area contributed by atoms with Gasteiger partial charge < -0.3 is 24.1 Å². The standard InChI is InChI=1S/C19H18F2N2O6/c20-19(21)29-14-5-3-13(4-6-14)22-16(24)11-28-18(26)12-8-17(25)23(9-12)10-15-2-1-7-27-15/h1-7,12,19H,8-11H2,(H,22,24)/t12-/m0/s1. The molecule has 1 saturated heterocycles. The number of rotatable bonds is 8. The summed E-state index contributed by atoms with van der Waals surface area (Å²) < 4.78 is 38.6. The molecule has 1 atom stereocenters. The number of hydrogen-bond acceptors (Lipinski definition) is 6. The number of ether oxygens (including phenoxy) is 2. The van der Waals surface area contributed by atoms with E-state index in [0.29, 0.717) is 11.4 Å². The molecule has 1 aliphatic rings. The molecule has 3 rings (SSSR count). The molecule has 1 aromatic carbocycles. The van der Waals surface area contributed by atoms with Gasteiger partial charge in [0.1, 0.15) is 11.5 Å². The number of hydrogen-bond donors (Lipinski definition) is 1. The lowest BCUT2D eigenvalue weighted by molar-refractivity contribution is -0.151. The smallest absolute Gasteiger partial charge is 0.387 e. The van der Waals surface area contributed by atoms with Gasteiger partial charge in [0.15, 0.2) is 6.61 Å². The Hall–Kier alpha value is -3.43. The number of esters is 1. The minimum atomic E-state index is -2.94. The van der Waals surface area contributed by atoms with Crippen LogP contribution >= 0.6 is 0 Å². The average molecular weight is 408 g/mol. The largest absolute Gasteiger partial charge is 0.467 e. The first-order valence-electron chi connectivity index (χ1n) is 8.72. The Morgan fingerprint density at radius 1 is 1.24 bits per heavy atom. The van der Waals surface area contributed by atoms with Gasteiger partial charge in [-0.2, -0.15) is 8.78 Å². The van der Waals surface area contributed by atoms with Crippen LogP contribution in [0, 0.1) is 5.92 Å². The fourth-order valence-electron chi connectivity index (χ4n) is 2.84. The molecule has 1 aliphatic heterocycles. The van der Waals surface area contributed by atoms with Gasteiger partial charge in [-0.1, -0.05) is 0 Å². The number of carbonyl (C=O) groups is 3. The molecule has 2 aromatic rings. The van der Waals surface area contributed by atoms with Crippen molar-refractivity contribution in [2.45, 2.75) is 19.6 Å². The van der Waals surface area contributed by atoms with Crippen LogP contribution in [0.4, 0.5) is 14.5 Å². The Balaban J connectivity index is 1.43. The summed E-state index contributed by atoms with van der Waals surface area (Å²) in [6, 6.07) is 8.73. The Kier molecular flexibility index (Phi) is 6.43. The third kappa shape index (κ3) is 5.77. The molecule has 0 saturated carbocycles. The number of halogens is 2. The minimum Gasteiger partial charge on any atom is -0.467 e. The Morgan fingerprint density at radius 2 is 2.00 bits per heavy atom. The van der Waals surface area contributed by atoms with Crippen LogP contribution in [0.25, 0.3) is 0 Å². The average Bonchev–Trinajstić information content (AvgIpc) is 3.31. The second-order valence-electron chi connectivity index (χ2n) is 6.31. The third-order valence-corrected chi connectivity index (χ3v) is 4.18. The molecule has 29 heavy (non-hydrogen) atoms. The number of anilines is 1. The molecule has 2 heterocycles. The molecule has 1 fully saturated rings. The topological polar surface area (TPSA) is 98.1 Å². The van der Waals surface area contributed by atoms with Crippen molar-refractivity contribution >= 4 is 23.5 Å². The second-order valence-corrected chi connectivity index (χ2v) is 6.31. The Bertz CT molecular complexity index is 854. The van der Waals surface area contributed by atoms with Gasteiger partial charge in [-0.15, -0.1) is 0 Å². The fourth-order valence-corrected chi connectivity index (χ4v) is 2.84. The molecule has 1 N–H and O–H groups in total. The number of furan rings is 1. The zero-order valence-electron chi connectivity index (χ0n) is 15.2. The third-order valence-electron chi connectivity index (χ3n) is 4.18. The highest BCUT2D eigenvalue weighted by molar-refractivity contribution is 5.93. The maximum absolute atomic E-state index is 12.2. The van der Waals surface area contributed by atoms with Gasteiger partial charge in [0.2, 0.25) is 5.91 Å². The quantitative estimate of drug-likeness (QED) is 0.674. The second kappa shape index (κ2) is 9.18. The number of alkyl halides is 2. The van der Waals surface area contributed by atoms with Gasteiger partial charge in [-0.3, -0.25) is 14.4 Å². The zero-order valence-corrected chi connectivity index (χ0v) is 15.2. The molecular formula is C19H18F2N2O6. The molecule has 154 valence electrons. The molecule has 0 bridgehead atoms. The van der Waals surface area contributed by atoms with E-state index < -0.39 is 31.0 Å². The van der Waals surface area contributed by atoms with Crippen molar-refractivity contribution in [3.63, 3.8) is 0 Å². The van der Waals surface area contributed by atoms with Gasteiger partial charge in [0, 0.05) is 18.7 Å². The maximum Gasteiger partial charge on any atom is 0.387 e. The van der Waals surface area contributed by atoms with E-state index in [-0.39, 0.29) is 31.2 Å². The normalized spacial score (nSPS) is 16.2. The molecule has 0 unspecified atom stereocenters. The van der Waals surface area contributed by atoms with Crippen molar-refractivity contribution < 1.29 is 37.1 Å². The zero-order chi connectivity index (χ0) is 20.8. The first-order valence-corrected chi connectivity index (χ1v) is 8.72. The lowest BCUT2D eigenvalue weighted by atomic mass is 10.1. The first kappa shape index (κ1) is 20.3. The molecule has 8 nitrogen and oxygen atoms in total. The highest BCUT2D eigenvalue weighted by Gasteiger charge is 2.35. The number of nitrogens with one attached hydrogen (secondary N) is 1. The molecule has 10 heteroatoms.